The van der Waals surface area contributed by atoms with E-state index in [1.807, 2.05) is 6.07 Å². The molecule has 7 heteroatoms. The summed E-state index contributed by atoms with van der Waals surface area (Å²) < 4.78 is 5.69. The predicted octanol–water partition coefficient (Wildman–Crippen LogP) is 2.65. The van der Waals surface area contributed by atoms with Crippen molar-refractivity contribution >= 4 is 17.6 Å². The lowest BCUT2D eigenvalue weighted by Crippen LogP contribution is -2.54. The second-order valence-corrected chi connectivity index (χ2v) is 8.97. The molecular weight excluding hydrogens is 406 g/mol. The number of carbonyl (C=O) groups excluding carboxylic acids is 3. The number of nitrogens with zero attached hydrogens (tertiary/aromatic N) is 1. The van der Waals surface area contributed by atoms with Crippen LogP contribution in [0.3, 0.4) is 0 Å². The average Bonchev–Trinajstić information content (AvgIpc) is 3.13. The van der Waals surface area contributed by atoms with E-state index in [9.17, 15) is 14.4 Å². The number of hydrogen-bond donors (Lipinski definition) is 2. The number of hydrogen-bond acceptors (Lipinski definition) is 5. The van der Waals surface area contributed by atoms with E-state index >= 15 is 0 Å². The Bertz CT molecular complexity index is 749. The highest BCUT2D eigenvalue weighted by atomic mass is 16.5. The van der Waals surface area contributed by atoms with Crippen molar-refractivity contribution in [2.75, 3.05) is 26.2 Å². The number of ketones is 1. The predicted molar refractivity (Wildman–Crippen MR) is 125 cm³/mol. The molecule has 178 valence electrons. The first kappa shape index (κ1) is 26.0. The van der Waals surface area contributed by atoms with E-state index in [-0.39, 0.29) is 36.2 Å². The van der Waals surface area contributed by atoms with Gasteiger partial charge in [-0.25, -0.2) is 0 Å². The number of rotatable bonds is 12. The first-order valence-corrected chi connectivity index (χ1v) is 11.8. The standard InChI is InChI=1S/C25H39N3O4/c1-6-28(7-2)14-13-22-23(21(29)16-32-22)27-25(31)20(15-18(5)17(3)4)26-24(30)19-11-9-8-10-12-19/h8-12,17-18,20,22-23H,6-7,13-16H2,1-5H3,(H,26,30)(H,27,31)/t18?,20-,22?,23?/m0/s1. The Morgan fingerprint density at radius 3 is 2.38 bits per heavy atom. The summed E-state index contributed by atoms with van der Waals surface area (Å²) in [7, 11) is 0. The van der Waals surface area contributed by atoms with Crippen LogP contribution in [0.1, 0.15) is 57.8 Å². The van der Waals surface area contributed by atoms with Crippen LogP contribution in [0.15, 0.2) is 30.3 Å². The summed E-state index contributed by atoms with van der Waals surface area (Å²) in [5, 5.41) is 5.77. The molecule has 0 spiro atoms. The molecule has 1 heterocycles. The molecule has 0 aliphatic carbocycles. The van der Waals surface area contributed by atoms with Crippen molar-refractivity contribution in [3.63, 3.8) is 0 Å². The molecule has 1 aromatic carbocycles. The molecule has 4 atom stereocenters. The number of Topliss-reactive ketones (excluding diaryl/α,β-unsaturated/α-hetero) is 1. The average molecular weight is 446 g/mol. The normalized spacial score (nSPS) is 20.4. The molecule has 2 N–H and O–H groups in total. The van der Waals surface area contributed by atoms with Gasteiger partial charge in [0.2, 0.25) is 5.91 Å². The molecule has 7 nitrogen and oxygen atoms in total. The third-order valence-corrected chi connectivity index (χ3v) is 6.48. The van der Waals surface area contributed by atoms with E-state index in [1.165, 1.54) is 0 Å². The van der Waals surface area contributed by atoms with Crippen LogP contribution in [-0.4, -0.2) is 66.9 Å². The molecular formula is C25H39N3O4. The zero-order valence-corrected chi connectivity index (χ0v) is 20.1. The molecule has 0 saturated carbocycles. The van der Waals surface area contributed by atoms with Gasteiger partial charge in [-0.15, -0.1) is 0 Å². The Labute approximate surface area is 192 Å². The third kappa shape index (κ3) is 7.41. The van der Waals surface area contributed by atoms with E-state index in [0.717, 1.165) is 19.6 Å². The minimum Gasteiger partial charge on any atom is -0.368 e. The van der Waals surface area contributed by atoms with Crippen molar-refractivity contribution in [3.8, 4) is 0 Å². The fourth-order valence-corrected chi connectivity index (χ4v) is 3.82. The minimum atomic E-state index is -0.725. The van der Waals surface area contributed by atoms with Crippen molar-refractivity contribution in [1.29, 1.82) is 0 Å². The van der Waals surface area contributed by atoms with Crippen LogP contribution in [-0.2, 0) is 14.3 Å². The summed E-state index contributed by atoms with van der Waals surface area (Å²) in [6.07, 6.45) is 0.815. The maximum Gasteiger partial charge on any atom is 0.251 e. The number of amides is 2. The highest BCUT2D eigenvalue weighted by Gasteiger charge is 2.38. The van der Waals surface area contributed by atoms with Gasteiger partial charge in [-0.2, -0.15) is 0 Å². The Kier molecular flexibility index (Phi) is 10.3. The van der Waals surface area contributed by atoms with Gasteiger partial charge in [0.15, 0.2) is 5.78 Å². The Balaban J connectivity index is 2.09. The summed E-state index contributed by atoms with van der Waals surface area (Å²) in [5.74, 6) is -0.173. The van der Waals surface area contributed by atoms with E-state index in [4.69, 9.17) is 4.74 Å². The second-order valence-electron chi connectivity index (χ2n) is 8.97. The first-order chi connectivity index (χ1) is 15.3. The lowest BCUT2D eigenvalue weighted by Gasteiger charge is -2.27. The maximum absolute atomic E-state index is 13.2. The SMILES string of the molecule is CCN(CC)CCC1OCC(=O)C1NC(=O)[C@H](CC(C)C(C)C)NC(=O)c1ccccc1. The minimum absolute atomic E-state index is 0.0112. The smallest absolute Gasteiger partial charge is 0.251 e. The highest BCUT2D eigenvalue weighted by Crippen LogP contribution is 2.19. The Morgan fingerprint density at radius 2 is 1.78 bits per heavy atom. The Morgan fingerprint density at radius 1 is 1.12 bits per heavy atom. The second kappa shape index (κ2) is 12.7. The van der Waals surface area contributed by atoms with Crippen LogP contribution in [0.25, 0.3) is 0 Å². The molecule has 1 fully saturated rings. The lowest BCUT2D eigenvalue weighted by atomic mass is 9.90. The molecule has 1 saturated heterocycles. The molecule has 1 aromatic rings. The van der Waals surface area contributed by atoms with Crippen LogP contribution in [0, 0.1) is 11.8 Å². The first-order valence-electron chi connectivity index (χ1n) is 11.8. The molecule has 32 heavy (non-hydrogen) atoms. The van der Waals surface area contributed by atoms with Crippen LogP contribution in [0.5, 0.6) is 0 Å². The summed E-state index contributed by atoms with van der Waals surface area (Å²) in [4.78, 5) is 40.7. The molecule has 1 aliphatic heterocycles. The summed E-state index contributed by atoms with van der Waals surface area (Å²) in [6, 6.07) is 7.44. The van der Waals surface area contributed by atoms with Crippen LogP contribution < -0.4 is 10.6 Å². The molecule has 3 unspecified atom stereocenters. The van der Waals surface area contributed by atoms with Gasteiger partial charge in [-0.1, -0.05) is 52.8 Å². The van der Waals surface area contributed by atoms with Gasteiger partial charge in [0.1, 0.15) is 18.7 Å². The zero-order chi connectivity index (χ0) is 23.7. The van der Waals surface area contributed by atoms with Gasteiger partial charge < -0.3 is 20.3 Å². The molecule has 0 bridgehead atoms. The summed E-state index contributed by atoms with van der Waals surface area (Å²) >= 11 is 0. The van der Waals surface area contributed by atoms with Crippen LogP contribution in [0.2, 0.25) is 0 Å². The van der Waals surface area contributed by atoms with E-state index < -0.39 is 12.1 Å². The zero-order valence-electron chi connectivity index (χ0n) is 20.1. The largest absolute Gasteiger partial charge is 0.368 e. The van der Waals surface area contributed by atoms with Gasteiger partial charge in [0, 0.05) is 12.1 Å². The van der Waals surface area contributed by atoms with Gasteiger partial charge in [0.25, 0.3) is 5.91 Å². The fourth-order valence-electron chi connectivity index (χ4n) is 3.82. The maximum atomic E-state index is 13.2. The Hall–Kier alpha value is -2.25. The molecule has 1 aliphatic rings. The van der Waals surface area contributed by atoms with E-state index in [1.54, 1.807) is 24.3 Å². The van der Waals surface area contributed by atoms with Crippen molar-refractivity contribution in [1.82, 2.24) is 15.5 Å². The summed E-state index contributed by atoms with van der Waals surface area (Å²) in [5.41, 5.74) is 0.500. The van der Waals surface area contributed by atoms with E-state index in [2.05, 4.69) is 50.2 Å². The quantitative estimate of drug-likeness (QED) is 0.516. The van der Waals surface area contributed by atoms with Crippen molar-refractivity contribution in [3.05, 3.63) is 35.9 Å². The van der Waals surface area contributed by atoms with Crippen LogP contribution >= 0.6 is 0 Å². The molecule has 0 radical (unpaired) electrons. The van der Waals surface area contributed by atoms with E-state index in [0.29, 0.717) is 24.3 Å². The van der Waals surface area contributed by atoms with Gasteiger partial charge in [-0.05, 0) is 49.9 Å². The molecule has 2 amide bonds. The third-order valence-electron chi connectivity index (χ3n) is 6.48. The number of benzene rings is 1. The van der Waals surface area contributed by atoms with Crippen molar-refractivity contribution in [2.45, 2.75) is 65.6 Å². The highest BCUT2D eigenvalue weighted by molar-refractivity contribution is 5.98. The number of ether oxygens (including phenoxy) is 1. The van der Waals surface area contributed by atoms with Gasteiger partial charge in [0.05, 0.1) is 6.10 Å². The van der Waals surface area contributed by atoms with Crippen molar-refractivity contribution < 1.29 is 19.1 Å². The summed E-state index contributed by atoms with van der Waals surface area (Å²) in [6.45, 7) is 13.1. The molecule has 0 aromatic heterocycles. The van der Waals surface area contributed by atoms with Gasteiger partial charge >= 0.3 is 0 Å². The van der Waals surface area contributed by atoms with Crippen LogP contribution in [0.4, 0.5) is 0 Å². The topological polar surface area (TPSA) is 87.7 Å². The number of nitrogens with one attached hydrogen (secondary N) is 2. The fraction of sp³-hybridized carbons (Fsp3) is 0.640. The van der Waals surface area contributed by atoms with Gasteiger partial charge in [-0.3, -0.25) is 14.4 Å². The monoisotopic (exact) mass is 445 g/mol. The molecule has 2 rings (SSSR count). The van der Waals surface area contributed by atoms with Crippen molar-refractivity contribution in [2.24, 2.45) is 11.8 Å². The lowest BCUT2D eigenvalue weighted by molar-refractivity contribution is -0.128. The number of carbonyl (C=O) groups is 3.